The minimum atomic E-state index is -0.340. The SMILES string of the molecule is COC1(C)CCCc2c(N3CCNCC3)nc(N)nc21. The molecule has 2 aliphatic rings. The Hall–Kier alpha value is -1.40. The number of nitrogens with two attached hydrogens (primary N) is 1. The number of nitrogen functional groups attached to an aromatic ring is 1. The van der Waals surface area contributed by atoms with Crippen molar-refractivity contribution in [3.63, 3.8) is 0 Å². The van der Waals surface area contributed by atoms with E-state index in [1.165, 1.54) is 5.56 Å². The van der Waals surface area contributed by atoms with Gasteiger partial charge in [-0.1, -0.05) is 0 Å². The molecule has 1 aromatic heterocycles. The van der Waals surface area contributed by atoms with Crippen LogP contribution in [-0.2, 0) is 16.8 Å². The minimum Gasteiger partial charge on any atom is -0.372 e. The van der Waals surface area contributed by atoms with E-state index in [2.05, 4.69) is 27.1 Å². The van der Waals surface area contributed by atoms with Crippen LogP contribution in [0.3, 0.4) is 0 Å². The van der Waals surface area contributed by atoms with Crippen molar-refractivity contribution in [1.29, 1.82) is 0 Å². The molecule has 3 rings (SSSR count). The van der Waals surface area contributed by atoms with E-state index >= 15 is 0 Å². The molecule has 20 heavy (non-hydrogen) atoms. The molecule has 0 bridgehead atoms. The van der Waals surface area contributed by atoms with E-state index < -0.39 is 0 Å². The van der Waals surface area contributed by atoms with E-state index in [0.717, 1.165) is 57.0 Å². The summed E-state index contributed by atoms with van der Waals surface area (Å²) < 4.78 is 5.73. The van der Waals surface area contributed by atoms with Crippen LogP contribution in [0.5, 0.6) is 0 Å². The van der Waals surface area contributed by atoms with Gasteiger partial charge in [0.05, 0.1) is 5.69 Å². The summed E-state index contributed by atoms with van der Waals surface area (Å²) in [7, 11) is 1.75. The molecule has 1 unspecified atom stereocenters. The molecule has 110 valence electrons. The third-order valence-electron chi connectivity index (χ3n) is 4.45. The van der Waals surface area contributed by atoms with E-state index in [0.29, 0.717) is 5.95 Å². The van der Waals surface area contributed by atoms with Crippen LogP contribution >= 0.6 is 0 Å². The molecule has 1 aliphatic heterocycles. The Kier molecular flexibility index (Phi) is 3.52. The first-order valence-electron chi connectivity index (χ1n) is 7.32. The summed E-state index contributed by atoms with van der Waals surface area (Å²) in [6.07, 6.45) is 3.09. The quantitative estimate of drug-likeness (QED) is 0.827. The molecule has 1 saturated heterocycles. The molecule has 0 amide bonds. The molecule has 0 spiro atoms. The Balaban J connectivity index is 2.07. The van der Waals surface area contributed by atoms with Crippen molar-refractivity contribution in [3.8, 4) is 0 Å². The predicted octanol–water partition coefficient (Wildman–Crippen LogP) is 0.666. The van der Waals surface area contributed by atoms with Crippen LogP contribution < -0.4 is 16.0 Å². The van der Waals surface area contributed by atoms with Gasteiger partial charge in [0.2, 0.25) is 5.95 Å². The average Bonchev–Trinajstić information content (AvgIpc) is 2.48. The number of nitrogens with zero attached hydrogens (tertiary/aromatic N) is 3. The van der Waals surface area contributed by atoms with Gasteiger partial charge in [-0.25, -0.2) is 4.98 Å². The third-order valence-corrected chi connectivity index (χ3v) is 4.45. The lowest BCUT2D eigenvalue weighted by molar-refractivity contribution is -0.0162. The zero-order chi connectivity index (χ0) is 14.2. The van der Waals surface area contributed by atoms with Crippen LogP contribution in [0.4, 0.5) is 11.8 Å². The maximum absolute atomic E-state index is 5.95. The van der Waals surface area contributed by atoms with E-state index in [1.807, 2.05) is 0 Å². The molecular formula is C14H23N5O. The normalized spacial score (nSPS) is 26.4. The molecule has 2 heterocycles. The highest BCUT2D eigenvalue weighted by Gasteiger charge is 2.36. The van der Waals surface area contributed by atoms with E-state index in [-0.39, 0.29) is 5.60 Å². The summed E-state index contributed by atoms with van der Waals surface area (Å²) in [4.78, 5) is 11.3. The molecule has 0 aromatic carbocycles. The average molecular weight is 277 g/mol. The number of hydrogen-bond donors (Lipinski definition) is 2. The fourth-order valence-corrected chi connectivity index (χ4v) is 3.21. The lowest BCUT2D eigenvalue weighted by atomic mass is 9.84. The summed E-state index contributed by atoms with van der Waals surface area (Å²) in [6, 6.07) is 0. The molecule has 1 fully saturated rings. The zero-order valence-electron chi connectivity index (χ0n) is 12.3. The van der Waals surface area contributed by atoms with Gasteiger partial charge >= 0.3 is 0 Å². The maximum atomic E-state index is 5.95. The number of methoxy groups -OCH3 is 1. The lowest BCUT2D eigenvalue weighted by Gasteiger charge is -2.37. The van der Waals surface area contributed by atoms with Gasteiger partial charge in [-0.05, 0) is 26.2 Å². The second-order valence-corrected chi connectivity index (χ2v) is 5.76. The topological polar surface area (TPSA) is 76.3 Å². The highest BCUT2D eigenvalue weighted by atomic mass is 16.5. The van der Waals surface area contributed by atoms with Gasteiger partial charge in [0, 0.05) is 38.9 Å². The van der Waals surface area contributed by atoms with Gasteiger partial charge in [0.25, 0.3) is 0 Å². The Morgan fingerprint density at radius 3 is 2.75 bits per heavy atom. The van der Waals surface area contributed by atoms with Gasteiger partial charge in [-0.2, -0.15) is 4.98 Å². The number of anilines is 2. The Labute approximate surface area is 119 Å². The molecule has 1 aliphatic carbocycles. The number of piperazine rings is 1. The van der Waals surface area contributed by atoms with Crippen molar-refractivity contribution >= 4 is 11.8 Å². The summed E-state index contributed by atoms with van der Waals surface area (Å²) in [6.45, 7) is 6.00. The second-order valence-electron chi connectivity index (χ2n) is 5.76. The molecule has 6 nitrogen and oxygen atoms in total. The van der Waals surface area contributed by atoms with Gasteiger partial charge < -0.3 is 20.7 Å². The van der Waals surface area contributed by atoms with Crippen molar-refractivity contribution in [2.75, 3.05) is 43.9 Å². The van der Waals surface area contributed by atoms with Gasteiger partial charge in [0.15, 0.2) is 0 Å². The number of hydrogen-bond acceptors (Lipinski definition) is 6. The number of fused-ring (bicyclic) bond motifs is 1. The van der Waals surface area contributed by atoms with Crippen LogP contribution in [-0.4, -0.2) is 43.3 Å². The second kappa shape index (κ2) is 5.18. The van der Waals surface area contributed by atoms with Gasteiger partial charge in [0.1, 0.15) is 11.4 Å². The fraction of sp³-hybridized carbons (Fsp3) is 0.714. The molecule has 3 N–H and O–H groups in total. The zero-order valence-corrected chi connectivity index (χ0v) is 12.3. The maximum Gasteiger partial charge on any atom is 0.222 e. The van der Waals surface area contributed by atoms with Crippen molar-refractivity contribution in [2.45, 2.75) is 31.8 Å². The third kappa shape index (κ3) is 2.23. The first-order valence-corrected chi connectivity index (χ1v) is 7.32. The highest BCUT2D eigenvalue weighted by Crippen LogP contribution is 2.40. The smallest absolute Gasteiger partial charge is 0.222 e. The monoisotopic (exact) mass is 277 g/mol. The predicted molar refractivity (Wildman–Crippen MR) is 78.8 cm³/mol. The van der Waals surface area contributed by atoms with Crippen molar-refractivity contribution in [3.05, 3.63) is 11.3 Å². The van der Waals surface area contributed by atoms with E-state index in [1.54, 1.807) is 7.11 Å². The summed E-state index contributed by atoms with van der Waals surface area (Å²) in [5.74, 6) is 1.36. The van der Waals surface area contributed by atoms with Crippen LogP contribution in [0.1, 0.15) is 31.0 Å². The van der Waals surface area contributed by atoms with Gasteiger partial charge in [-0.15, -0.1) is 0 Å². The highest BCUT2D eigenvalue weighted by molar-refractivity contribution is 5.54. The van der Waals surface area contributed by atoms with E-state index in [4.69, 9.17) is 10.5 Å². The minimum absolute atomic E-state index is 0.340. The number of ether oxygens (including phenoxy) is 1. The van der Waals surface area contributed by atoms with Crippen LogP contribution in [0.2, 0.25) is 0 Å². The standard InChI is InChI=1S/C14H23N5O/c1-14(20-2)5-3-4-10-11(14)17-13(15)18-12(10)19-8-6-16-7-9-19/h16H,3-9H2,1-2H3,(H2,15,17,18). The lowest BCUT2D eigenvalue weighted by Crippen LogP contribution is -2.45. The molecule has 6 heteroatoms. The van der Waals surface area contributed by atoms with Crippen LogP contribution in [0, 0.1) is 0 Å². The Morgan fingerprint density at radius 2 is 2.05 bits per heavy atom. The molecule has 1 aromatic rings. The first kappa shape index (κ1) is 13.6. The van der Waals surface area contributed by atoms with Crippen LogP contribution in [0.25, 0.3) is 0 Å². The van der Waals surface area contributed by atoms with Crippen LogP contribution in [0.15, 0.2) is 0 Å². The summed E-state index contributed by atoms with van der Waals surface area (Å²) in [5, 5.41) is 3.37. The van der Waals surface area contributed by atoms with Crippen molar-refractivity contribution < 1.29 is 4.74 Å². The van der Waals surface area contributed by atoms with E-state index in [9.17, 15) is 0 Å². The molecule has 1 atom stereocenters. The first-order chi connectivity index (χ1) is 9.64. The Bertz CT molecular complexity index is 501. The van der Waals surface area contributed by atoms with Gasteiger partial charge in [-0.3, -0.25) is 0 Å². The largest absolute Gasteiger partial charge is 0.372 e. The fourth-order valence-electron chi connectivity index (χ4n) is 3.21. The Morgan fingerprint density at radius 1 is 1.30 bits per heavy atom. The van der Waals surface area contributed by atoms with Crippen molar-refractivity contribution in [1.82, 2.24) is 15.3 Å². The van der Waals surface area contributed by atoms with Crippen molar-refractivity contribution in [2.24, 2.45) is 0 Å². The molecule has 0 saturated carbocycles. The molecular weight excluding hydrogens is 254 g/mol. The number of rotatable bonds is 2. The summed E-state index contributed by atoms with van der Waals surface area (Å²) in [5.41, 5.74) is 7.80. The number of nitrogens with one attached hydrogen (secondary N) is 1. The molecule has 0 radical (unpaired) electrons. The summed E-state index contributed by atoms with van der Waals surface area (Å²) >= 11 is 0. The number of aromatic nitrogens is 2.